The number of hydrogen-bond acceptors (Lipinski definition) is 2. The van der Waals surface area contributed by atoms with Crippen LogP contribution in [-0.2, 0) is 4.79 Å². The van der Waals surface area contributed by atoms with Gasteiger partial charge in [0.1, 0.15) is 5.82 Å². The van der Waals surface area contributed by atoms with Crippen LogP contribution in [0.5, 0.6) is 0 Å². The van der Waals surface area contributed by atoms with E-state index in [4.69, 9.17) is 5.11 Å². The minimum absolute atomic E-state index is 0.0388. The maximum absolute atomic E-state index is 12.9. The van der Waals surface area contributed by atoms with Gasteiger partial charge in [-0.05, 0) is 30.7 Å². The lowest BCUT2D eigenvalue weighted by Gasteiger charge is -2.07. The van der Waals surface area contributed by atoms with Gasteiger partial charge in [-0.2, -0.15) is 0 Å². The molecule has 2 N–H and O–H groups in total. The molecule has 0 fully saturated rings. The maximum Gasteiger partial charge on any atom is 0.332 e. The second-order valence-electron chi connectivity index (χ2n) is 3.28. The van der Waals surface area contributed by atoms with Crippen molar-refractivity contribution in [2.75, 3.05) is 11.9 Å². The highest BCUT2D eigenvalue weighted by Gasteiger charge is 2.03. The Kier molecular flexibility index (Phi) is 3.44. The lowest BCUT2D eigenvalue weighted by Crippen LogP contribution is -2.11. The van der Waals surface area contributed by atoms with E-state index in [-0.39, 0.29) is 17.9 Å². The van der Waals surface area contributed by atoms with Crippen LogP contribution in [0.3, 0.4) is 0 Å². The van der Waals surface area contributed by atoms with Crippen molar-refractivity contribution in [2.45, 2.75) is 6.92 Å². The van der Waals surface area contributed by atoms with Crippen molar-refractivity contribution in [1.82, 2.24) is 0 Å². The Hall–Kier alpha value is -1.84. The molecular weight excluding hydrogens is 197 g/mol. The molecule has 0 aliphatic heterocycles. The summed E-state index contributed by atoms with van der Waals surface area (Å²) in [6.45, 7) is 5.22. The molecule has 0 amide bonds. The number of nitrogens with one attached hydrogen (secondary N) is 1. The molecule has 0 atom stereocenters. The molecule has 0 spiro atoms. The highest BCUT2D eigenvalue weighted by Crippen LogP contribution is 2.13. The van der Waals surface area contributed by atoms with Gasteiger partial charge in [0, 0.05) is 17.8 Å². The predicted molar refractivity (Wildman–Crippen MR) is 56.4 cm³/mol. The number of halogens is 1. The number of benzene rings is 1. The molecule has 15 heavy (non-hydrogen) atoms. The molecule has 0 heterocycles. The third-order valence-corrected chi connectivity index (χ3v) is 1.85. The Morgan fingerprint density at radius 2 is 2.20 bits per heavy atom. The van der Waals surface area contributed by atoms with Crippen LogP contribution in [0.1, 0.15) is 5.56 Å². The third-order valence-electron chi connectivity index (χ3n) is 1.85. The first kappa shape index (κ1) is 11.2. The summed E-state index contributed by atoms with van der Waals surface area (Å²) in [5.74, 6) is -1.41. The van der Waals surface area contributed by atoms with Gasteiger partial charge in [-0.15, -0.1) is 0 Å². The zero-order valence-corrected chi connectivity index (χ0v) is 8.38. The van der Waals surface area contributed by atoms with Crippen LogP contribution in [0.2, 0.25) is 0 Å². The quantitative estimate of drug-likeness (QED) is 0.747. The normalized spacial score (nSPS) is 9.73. The largest absolute Gasteiger partial charge is 0.478 e. The molecule has 0 aliphatic carbocycles. The standard InChI is InChI=1S/C11H12FNO2/c1-7-3-9(12)5-10(4-7)13-6-8(2)11(14)15/h3-5,13H,2,6H2,1H3,(H,14,15). The fourth-order valence-corrected chi connectivity index (χ4v) is 1.12. The van der Waals surface area contributed by atoms with Crippen LogP contribution in [0, 0.1) is 12.7 Å². The number of carbonyl (C=O) groups is 1. The first-order valence-corrected chi connectivity index (χ1v) is 4.41. The fourth-order valence-electron chi connectivity index (χ4n) is 1.12. The van der Waals surface area contributed by atoms with Gasteiger partial charge in [-0.3, -0.25) is 0 Å². The van der Waals surface area contributed by atoms with Crippen LogP contribution >= 0.6 is 0 Å². The first-order valence-electron chi connectivity index (χ1n) is 4.41. The van der Waals surface area contributed by atoms with E-state index in [2.05, 4.69) is 11.9 Å². The van der Waals surface area contributed by atoms with E-state index in [1.54, 1.807) is 13.0 Å². The fraction of sp³-hybridized carbons (Fsp3) is 0.182. The second kappa shape index (κ2) is 4.59. The number of carboxylic acids is 1. The van der Waals surface area contributed by atoms with Crippen LogP contribution in [0.4, 0.5) is 10.1 Å². The lowest BCUT2D eigenvalue weighted by molar-refractivity contribution is -0.132. The van der Waals surface area contributed by atoms with Gasteiger partial charge in [0.15, 0.2) is 0 Å². The molecule has 3 nitrogen and oxygen atoms in total. The van der Waals surface area contributed by atoms with Gasteiger partial charge in [0.25, 0.3) is 0 Å². The Labute approximate surface area is 87.2 Å². The number of carboxylic acid groups (broad SMARTS) is 1. The molecule has 4 heteroatoms. The highest BCUT2D eigenvalue weighted by molar-refractivity contribution is 5.86. The number of hydrogen-bond donors (Lipinski definition) is 2. The van der Waals surface area contributed by atoms with Gasteiger partial charge in [-0.1, -0.05) is 6.58 Å². The number of aliphatic carboxylic acids is 1. The summed E-state index contributed by atoms with van der Waals surface area (Å²) in [6.07, 6.45) is 0. The van der Waals surface area contributed by atoms with Gasteiger partial charge >= 0.3 is 5.97 Å². The Balaban J connectivity index is 2.65. The van der Waals surface area contributed by atoms with Crippen molar-refractivity contribution in [1.29, 1.82) is 0 Å². The minimum Gasteiger partial charge on any atom is -0.478 e. The number of rotatable bonds is 4. The van der Waals surface area contributed by atoms with Gasteiger partial charge in [0.05, 0.1) is 0 Å². The smallest absolute Gasteiger partial charge is 0.332 e. The van der Waals surface area contributed by atoms with E-state index in [0.717, 1.165) is 5.56 Å². The van der Waals surface area contributed by atoms with Crippen molar-refractivity contribution in [2.24, 2.45) is 0 Å². The molecule has 0 aliphatic rings. The maximum atomic E-state index is 12.9. The van der Waals surface area contributed by atoms with Crippen LogP contribution in [0.15, 0.2) is 30.4 Å². The van der Waals surface area contributed by atoms with Crippen molar-refractivity contribution in [3.63, 3.8) is 0 Å². The molecule has 0 unspecified atom stereocenters. The molecule has 1 aromatic carbocycles. The molecule has 0 saturated heterocycles. The summed E-state index contributed by atoms with van der Waals surface area (Å²) in [7, 11) is 0. The molecule has 1 rings (SSSR count). The zero-order chi connectivity index (χ0) is 11.4. The van der Waals surface area contributed by atoms with Crippen molar-refractivity contribution in [3.8, 4) is 0 Å². The lowest BCUT2D eigenvalue weighted by atomic mass is 10.2. The van der Waals surface area contributed by atoms with E-state index < -0.39 is 5.97 Å². The molecular formula is C11H12FNO2. The number of anilines is 1. The van der Waals surface area contributed by atoms with E-state index >= 15 is 0 Å². The summed E-state index contributed by atoms with van der Waals surface area (Å²) in [5, 5.41) is 11.3. The van der Waals surface area contributed by atoms with Crippen LogP contribution < -0.4 is 5.32 Å². The van der Waals surface area contributed by atoms with Gasteiger partial charge < -0.3 is 10.4 Å². The second-order valence-corrected chi connectivity index (χ2v) is 3.28. The Morgan fingerprint density at radius 3 is 2.73 bits per heavy atom. The van der Waals surface area contributed by atoms with E-state index in [1.807, 2.05) is 0 Å². The van der Waals surface area contributed by atoms with E-state index in [1.165, 1.54) is 12.1 Å². The van der Waals surface area contributed by atoms with Crippen LogP contribution in [0.25, 0.3) is 0 Å². The summed E-state index contributed by atoms with van der Waals surface area (Å²) in [6, 6.07) is 4.44. The first-order chi connectivity index (χ1) is 6.99. The average Bonchev–Trinajstić information content (AvgIpc) is 2.12. The molecule has 80 valence electrons. The highest BCUT2D eigenvalue weighted by atomic mass is 19.1. The summed E-state index contributed by atoms with van der Waals surface area (Å²) in [4.78, 5) is 10.4. The molecule has 0 aromatic heterocycles. The van der Waals surface area contributed by atoms with Crippen molar-refractivity contribution < 1.29 is 14.3 Å². The molecule has 1 aromatic rings. The minimum atomic E-state index is -1.06. The summed E-state index contributed by atoms with van der Waals surface area (Å²) in [5.41, 5.74) is 1.37. The van der Waals surface area contributed by atoms with Gasteiger partial charge in [-0.25, -0.2) is 9.18 Å². The third kappa shape index (κ3) is 3.42. The topological polar surface area (TPSA) is 49.3 Å². The molecule has 0 radical (unpaired) electrons. The summed E-state index contributed by atoms with van der Waals surface area (Å²) >= 11 is 0. The molecule has 0 bridgehead atoms. The Bertz CT molecular complexity index is 381. The van der Waals surface area contributed by atoms with E-state index in [9.17, 15) is 9.18 Å². The van der Waals surface area contributed by atoms with Gasteiger partial charge in [0.2, 0.25) is 0 Å². The Morgan fingerprint density at radius 1 is 1.53 bits per heavy atom. The zero-order valence-electron chi connectivity index (χ0n) is 8.38. The van der Waals surface area contributed by atoms with E-state index in [0.29, 0.717) is 5.69 Å². The van der Waals surface area contributed by atoms with Crippen LogP contribution in [-0.4, -0.2) is 17.6 Å². The monoisotopic (exact) mass is 209 g/mol. The van der Waals surface area contributed by atoms with Crippen molar-refractivity contribution in [3.05, 3.63) is 41.7 Å². The summed E-state index contributed by atoms with van der Waals surface area (Å²) < 4.78 is 12.9. The number of aryl methyl sites for hydroxylation is 1. The SMILES string of the molecule is C=C(CNc1cc(C)cc(F)c1)C(=O)O. The predicted octanol–water partition coefficient (Wildman–Crippen LogP) is 2.19. The molecule has 0 saturated carbocycles. The average molecular weight is 209 g/mol. The van der Waals surface area contributed by atoms with Crippen molar-refractivity contribution >= 4 is 11.7 Å².